The number of imidazole rings is 1. The highest BCUT2D eigenvalue weighted by Crippen LogP contribution is 2.31. The van der Waals surface area contributed by atoms with E-state index in [9.17, 15) is 10.2 Å². The van der Waals surface area contributed by atoms with E-state index in [1.165, 1.54) is 0 Å². The topological polar surface area (TPSA) is 70.6 Å². The van der Waals surface area contributed by atoms with E-state index in [1.807, 2.05) is 29.8 Å². The maximum Gasteiger partial charge on any atom is 0.138 e. The lowest BCUT2D eigenvalue weighted by Crippen LogP contribution is -1.96. The average molecular weight is 439 g/mol. The van der Waals surface area contributed by atoms with Crippen LogP contribution in [0.5, 0.6) is 5.75 Å². The van der Waals surface area contributed by atoms with Crippen molar-refractivity contribution in [2.75, 3.05) is 0 Å². The second-order valence-corrected chi connectivity index (χ2v) is 6.77. The molecule has 0 bridgehead atoms. The smallest absolute Gasteiger partial charge is 0.138 e. The van der Waals surface area contributed by atoms with Gasteiger partial charge in [-0.2, -0.15) is 0 Å². The number of aliphatic hydroxyl groups excluding tert-OH is 1. The normalized spacial score (nSPS) is 11.7. The van der Waals surface area contributed by atoms with Gasteiger partial charge in [-0.3, -0.25) is 4.99 Å². The number of hydrogen-bond acceptors (Lipinski definition) is 4. The highest BCUT2D eigenvalue weighted by molar-refractivity contribution is 9.11. The molecule has 0 saturated heterocycles. The second kappa shape index (κ2) is 6.43. The lowest BCUT2D eigenvalue weighted by atomic mass is 10.2. The van der Waals surface area contributed by atoms with Crippen molar-refractivity contribution in [3.8, 4) is 5.75 Å². The Morgan fingerprint density at radius 1 is 1.26 bits per heavy atom. The molecule has 1 aromatic heterocycles. The van der Waals surface area contributed by atoms with Gasteiger partial charge >= 0.3 is 0 Å². The molecule has 3 rings (SSSR count). The summed E-state index contributed by atoms with van der Waals surface area (Å²) in [6.45, 7) is -0.107. The lowest BCUT2D eigenvalue weighted by molar-refractivity contribution is 0.268. The van der Waals surface area contributed by atoms with Crippen LogP contribution >= 0.6 is 31.9 Å². The van der Waals surface area contributed by atoms with Gasteiger partial charge in [-0.25, -0.2) is 4.98 Å². The molecule has 3 aromatic rings. The second-order valence-electron chi connectivity index (χ2n) is 5.00. The highest BCUT2D eigenvalue weighted by Gasteiger charge is 2.08. The molecule has 0 aliphatic heterocycles. The molecular weight excluding hydrogens is 426 g/mol. The molecule has 0 aliphatic carbocycles. The van der Waals surface area contributed by atoms with Gasteiger partial charge in [-0.15, -0.1) is 0 Å². The van der Waals surface area contributed by atoms with E-state index in [1.54, 1.807) is 18.3 Å². The van der Waals surface area contributed by atoms with Crippen LogP contribution in [0.2, 0.25) is 0 Å². The highest BCUT2D eigenvalue weighted by atomic mass is 79.9. The summed E-state index contributed by atoms with van der Waals surface area (Å²) in [7, 11) is 1.86. The number of rotatable bonds is 3. The van der Waals surface area contributed by atoms with Gasteiger partial charge in [0.2, 0.25) is 0 Å². The number of nitrogens with zero attached hydrogens (tertiary/aromatic N) is 3. The van der Waals surface area contributed by atoms with Crippen molar-refractivity contribution in [1.29, 1.82) is 0 Å². The lowest BCUT2D eigenvalue weighted by Gasteiger charge is -2.03. The predicted molar refractivity (Wildman–Crippen MR) is 97.4 cm³/mol. The van der Waals surface area contributed by atoms with Crippen LogP contribution < -0.4 is 0 Å². The zero-order valence-electron chi connectivity index (χ0n) is 12.2. The molecule has 0 radical (unpaired) electrons. The van der Waals surface area contributed by atoms with Crippen molar-refractivity contribution in [2.45, 2.75) is 6.61 Å². The van der Waals surface area contributed by atoms with Crippen LogP contribution in [-0.4, -0.2) is 26.0 Å². The van der Waals surface area contributed by atoms with Gasteiger partial charge in [-0.05, 0) is 46.3 Å². The van der Waals surface area contributed by atoms with Gasteiger partial charge in [0.25, 0.3) is 0 Å². The fourth-order valence-corrected chi connectivity index (χ4v) is 3.55. The Balaban J connectivity index is 1.98. The summed E-state index contributed by atoms with van der Waals surface area (Å²) < 4.78 is 3.29. The molecule has 0 spiro atoms. The summed E-state index contributed by atoms with van der Waals surface area (Å²) in [4.78, 5) is 8.76. The third kappa shape index (κ3) is 3.17. The number of phenolic OH excluding ortho intramolecular Hbond substituents is 1. The van der Waals surface area contributed by atoms with E-state index in [-0.39, 0.29) is 12.4 Å². The molecule has 5 nitrogen and oxygen atoms in total. The Hall–Kier alpha value is -1.70. The zero-order chi connectivity index (χ0) is 16.6. The number of aliphatic hydroxyl groups is 1. The van der Waals surface area contributed by atoms with Crippen LogP contribution in [-0.2, 0) is 13.7 Å². The van der Waals surface area contributed by atoms with E-state index in [4.69, 9.17) is 0 Å². The fourth-order valence-electron chi connectivity index (χ4n) is 2.29. The van der Waals surface area contributed by atoms with E-state index < -0.39 is 0 Å². The first-order chi connectivity index (χ1) is 11.0. The summed E-state index contributed by atoms with van der Waals surface area (Å²) in [5.41, 5.74) is 3.02. The summed E-state index contributed by atoms with van der Waals surface area (Å²) in [5.74, 6) is 0.744. The van der Waals surface area contributed by atoms with Gasteiger partial charge < -0.3 is 14.8 Å². The Morgan fingerprint density at radius 3 is 2.78 bits per heavy atom. The van der Waals surface area contributed by atoms with Crippen molar-refractivity contribution >= 4 is 54.8 Å². The van der Waals surface area contributed by atoms with Crippen molar-refractivity contribution in [3.63, 3.8) is 0 Å². The number of phenols is 1. The third-order valence-corrected chi connectivity index (χ3v) is 4.57. The Labute approximate surface area is 149 Å². The average Bonchev–Trinajstić information content (AvgIpc) is 2.85. The minimum atomic E-state index is -0.107. The van der Waals surface area contributed by atoms with Crippen molar-refractivity contribution in [2.24, 2.45) is 12.0 Å². The van der Waals surface area contributed by atoms with Crippen LogP contribution in [0.25, 0.3) is 11.0 Å². The van der Waals surface area contributed by atoms with Crippen molar-refractivity contribution < 1.29 is 10.2 Å². The van der Waals surface area contributed by atoms with Crippen LogP contribution in [0.3, 0.4) is 0 Å². The quantitative estimate of drug-likeness (QED) is 0.606. The standard InChI is InChI=1S/C16H13Br2N3O2/c1-21-14-3-2-11(6-13(14)20-15(21)8-22)19-7-9-4-10(17)5-12(18)16(9)23/h2-7,22-23H,8H2,1H3. The molecule has 2 aromatic carbocycles. The molecule has 118 valence electrons. The van der Waals surface area contributed by atoms with E-state index in [0.29, 0.717) is 15.9 Å². The van der Waals surface area contributed by atoms with Crippen LogP contribution in [0.4, 0.5) is 5.69 Å². The van der Waals surface area contributed by atoms with Gasteiger partial charge in [0, 0.05) is 23.3 Å². The Bertz CT molecular complexity index is 919. The first kappa shape index (κ1) is 16.2. The van der Waals surface area contributed by atoms with E-state index >= 15 is 0 Å². The number of hydrogen-bond donors (Lipinski definition) is 2. The summed E-state index contributed by atoms with van der Waals surface area (Å²) in [6, 6.07) is 9.17. The Morgan fingerprint density at radius 2 is 2.04 bits per heavy atom. The van der Waals surface area contributed by atoms with Crippen LogP contribution in [0.1, 0.15) is 11.4 Å². The molecule has 23 heavy (non-hydrogen) atoms. The molecule has 1 heterocycles. The van der Waals surface area contributed by atoms with E-state index in [2.05, 4.69) is 41.8 Å². The maximum atomic E-state index is 10.0. The SMILES string of the molecule is Cn1c(CO)nc2cc(N=Cc3cc(Br)cc(Br)c3O)ccc21. The number of aromatic nitrogens is 2. The molecule has 0 atom stereocenters. The maximum absolute atomic E-state index is 10.0. The van der Waals surface area contributed by atoms with Gasteiger partial charge in [0.15, 0.2) is 0 Å². The summed E-state index contributed by atoms with van der Waals surface area (Å²) in [5, 5.41) is 19.3. The zero-order valence-corrected chi connectivity index (χ0v) is 15.3. The number of aromatic hydroxyl groups is 1. The molecule has 0 amide bonds. The Kier molecular flexibility index (Phi) is 4.52. The predicted octanol–water partition coefficient (Wildman–Crippen LogP) is 4.05. The van der Waals surface area contributed by atoms with E-state index in [0.717, 1.165) is 21.2 Å². The number of benzene rings is 2. The minimum absolute atomic E-state index is 0.107. The van der Waals surface area contributed by atoms with Crippen molar-refractivity contribution in [3.05, 3.63) is 50.7 Å². The van der Waals surface area contributed by atoms with Gasteiger partial charge in [-0.1, -0.05) is 15.9 Å². The molecule has 0 aliphatic rings. The summed E-state index contributed by atoms with van der Waals surface area (Å²) in [6.07, 6.45) is 1.60. The number of fused-ring (bicyclic) bond motifs is 1. The molecule has 0 unspecified atom stereocenters. The minimum Gasteiger partial charge on any atom is -0.506 e. The van der Waals surface area contributed by atoms with Gasteiger partial charge in [0.05, 0.1) is 21.2 Å². The summed E-state index contributed by atoms with van der Waals surface area (Å²) >= 11 is 6.68. The van der Waals surface area contributed by atoms with Crippen molar-refractivity contribution in [1.82, 2.24) is 9.55 Å². The number of halogens is 2. The molecule has 2 N–H and O–H groups in total. The largest absolute Gasteiger partial charge is 0.506 e. The molecule has 7 heteroatoms. The molecule has 0 fully saturated rings. The van der Waals surface area contributed by atoms with Crippen LogP contribution in [0, 0.1) is 0 Å². The van der Waals surface area contributed by atoms with Crippen LogP contribution in [0.15, 0.2) is 44.3 Å². The monoisotopic (exact) mass is 437 g/mol. The fraction of sp³-hybridized carbons (Fsp3) is 0.125. The molecule has 0 saturated carbocycles. The first-order valence-corrected chi connectivity index (χ1v) is 8.36. The first-order valence-electron chi connectivity index (χ1n) is 6.78. The third-order valence-electron chi connectivity index (χ3n) is 3.51. The van der Waals surface area contributed by atoms with Gasteiger partial charge in [0.1, 0.15) is 18.2 Å². The number of aliphatic imine (C=N–C) groups is 1. The number of aryl methyl sites for hydroxylation is 1. The molecular formula is C16H13Br2N3O2.